The minimum Gasteiger partial charge on any atom is -0.480 e. The number of Topliss-reactive ketones (excluding diaryl/α,β-unsaturated/α-hetero) is 1. The van der Waals surface area contributed by atoms with E-state index in [0.29, 0.717) is 5.56 Å². The summed E-state index contributed by atoms with van der Waals surface area (Å²) in [7, 11) is 0. The monoisotopic (exact) mass is 418 g/mol. The number of carboxylic acids is 1. The van der Waals surface area contributed by atoms with Crippen LogP contribution >= 0.6 is 0 Å². The van der Waals surface area contributed by atoms with Crippen LogP contribution in [-0.2, 0) is 19.2 Å². The first-order valence-corrected chi connectivity index (χ1v) is 8.77. The summed E-state index contributed by atoms with van der Waals surface area (Å²) in [5.41, 5.74) is 14.3. The highest BCUT2D eigenvalue weighted by Crippen LogP contribution is 2.29. The molecule has 0 bridgehead atoms. The lowest BCUT2D eigenvalue weighted by Crippen LogP contribution is -2.76. The van der Waals surface area contributed by atoms with Crippen molar-refractivity contribution in [2.24, 2.45) is 17.2 Å². The Morgan fingerprint density at radius 1 is 1.17 bits per heavy atom. The number of hydrogen-bond acceptors (Lipinski definition) is 7. The normalized spacial score (nSPS) is 21.3. The maximum absolute atomic E-state index is 13.3. The third kappa shape index (κ3) is 3.85. The van der Waals surface area contributed by atoms with E-state index in [4.69, 9.17) is 27.7 Å². The van der Waals surface area contributed by atoms with Gasteiger partial charge in [0.15, 0.2) is 11.3 Å². The second-order valence-corrected chi connectivity index (χ2v) is 6.87. The third-order valence-electron chi connectivity index (χ3n) is 4.93. The van der Waals surface area contributed by atoms with Gasteiger partial charge in [-0.2, -0.15) is 0 Å². The maximum Gasteiger partial charge on any atom is 0.323 e. The van der Waals surface area contributed by atoms with Crippen molar-refractivity contribution in [2.45, 2.75) is 18.5 Å². The number of nitrogens with zero attached hydrogens (tertiary/aromatic N) is 2. The first kappa shape index (κ1) is 22.5. The first-order valence-electron chi connectivity index (χ1n) is 8.77. The van der Waals surface area contributed by atoms with Gasteiger partial charge in [0.25, 0.3) is 17.7 Å². The number of rotatable bonds is 7. The Morgan fingerprint density at radius 3 is 2.13 bits per heavy atom. The number of carboxylic acid groups (broad SMARTS) is 1. The Balaban J connectivity index is 2.60. The molecule has 2 atom stereocenters. The second kappa shape index (κ2) is 8.29. The number of nitrogen functional groups attached to an aromatic ring is 1. The molecule has 2 rings (SSSR count). The summed E-state index contributed by atoms with van der Waals surface area (Å²) in [4.78, 5) is 63.7. The zero-order valence-corrected chi connectivity index (χ0v) is 16.1. The van der Waals surface area contributed by atoms with Crippen LogP contribution in [-0.4, -0.2) is 81.4 Å². The number of primary amides is 1. The molecular weight excluding hydrogens is 396 g/mol. The smallest absolute Gasteiger partial charge is 0.323 e. The van der Waals surface area contributed by atoms with Gasteiger partial charge in [0.2, 0.25) is 0 Å². The van der Waals surface area contributed by atoms with Gasteiger partial charge in [0.05, 0.1) is 6.54 Å². The number of nitrogens with two attached hydrogens (primary N) is 3. The van der Waals surface area contributed by atoms with Crippen LogP contribution in [0.5, 0.6) is 0 Å². The fourth-order valence-electron chi connectivity index (χ4n) is 3.28. The Labute approximate surface area is 171 Å². The standard InChI is InChI=1S/C18H22N6O6/c1-18(16(22)29)17(30)23(8-13(26)27)7-11(12(25)6-19)24(18)15(28)10-4-2-9(3-5-10)14(20)21/h2-5,11H,6-8,19H2,1H3,(H3,20,21)(H2,22,29)(H,26,27). The van der Waals surface area contributed by atoms with E-state index in [1.807, 2.05) is 0 Å². The molecule has 0 saturated carbocycles. The summed E-state index contributed by atoms with van der Waals surface area (Å²) in [6, 6.07) is 4.03. The minimum atomic E-state index is -2.32. The van der Waals surface area contributed by atoms with Gasteiger partial charge in [-0.15, -0.1) is 0 Å². The van der Waals surface area contributed by atoms with Crippen molar-refractivity contribution in [3.05, 3.63) is 35.4 Å². The van der Waals surface area contributed by atoms with E-state index in [0.717, 1.165) is 16.7 Å². The van der Waals surface area contributed by atoms with Gasteiger partial charge in [-0.05, 0) is 19.1 Å². The van der Waals surface area contributed by atoms with Crippen LogP contribution in [0.25, 0.3) is 0 Å². The Hall–Kier alpha value is -3.80. The Morgan fingerprint density at radius 2 is 1.70 bits per heavy atom. The van der Waals surface area contributed by atoms with E-state index < -0.39 is 60.7 Å². The molecule has 1 aromatic carbocycles. The Bertz CT molecular complexity index is 930. The first-order chi connectivity index (χ1) is 13.9. The van der Waals surface area contributed by atoms with Crippen molar-refractivity contribution < 1.29 is 29.1 Å². The van der Waals surface area contributed by atoms with Crippen LogP contribution in [0, 0.1) is 5.41 Å². The quantitative estimate of drug-likeness (QED) is 0.180. The van der Waals surface area contributed by atoms with Crippen LogP contribution in [0.1, 0.15) is 22.8 Å². The number of nitrogens with one attached hydrogen (secondary N) is 1. The largest absolute Gasteiger partial charge is 0.480 e. The van der Waals surface area contributed by atoms with Gasteiger partial charge < -0.3 is 32.1 Å². The molecule has 0 aliphatic carbocycles. The fraction of sp³-hybridized carbons (Fsp3) is 0.333. The summed E-state index contributed by atoms with van der Waals surface area (Å²) in [6.45, 7) is -0.696. The third-order valence-corrected chi connectivity index (χ3v) is 4.93. The van der Waals surface area contributed by atoms with Crippen LogP contribution in [0.3, 0.4) is 0 Å². The molecule has 1 fully saturated rings. The predicted octanol–water partition coefficient (Wildman–Crippen LogP) is -2.52. The summed E-state index contributed by atoms with van der Waals surface area (Å²) in [6.07, 6.45) is 0. The molecule has 160 valence electrons. The van der Waals surface area contributed by atoms with E-state index in [1.165, 1.54) is 24.3 Å². The number of amides is 3. The number of benzene rings is 1. The minimum absolute atomic E-state index is 0.00165. The number of carbonyl (C=O) groups excluding carboxylic acids is 4. The van der Waals surface area contributed by atoms with Gasteiger partial charge >= 0.3 is 5.97 Å². The fourth-order valence-corrected chi connectivity index (χ4v) is 3.28. The number of ketones is 1. The maximum atomic E-state index is 13.3. The highest BCUT2D eigenvalue weighted by Gasteiger charge is 2.57. The highest BCUT2D eigenvalue weighted by atomic mass is 16.4. The number of piperazine rings is 1. The second-order valence-electron chi connectivity index (χ2n) is 6.87. The molecule has 1 aliphatic heterocycles. The lowest BCUT2D eigenvalue weighted by molar-refractivity contribution is -0.163. The molecule has 1 heterocycles. The molecule has 12 nitrogen and oxygen atoms in total. The van der Waals surface area contributed by atoms with E-state index in [9.17, 15) is 24.0 Å². The van der Waals surface area contributed by atoms with Crippen molar-refractivity contribution >= 4 is 35.3 Å². The van der Waals surface area contributed by atoms with Crippen LogP contribution < -0.4 is 17.2 Å². The van der Waals surface area contributed by atoms with Gasteiger partial charge in [-0.1, -0.05) is 12.1 Å². The van der Waals surface area contributed by atoms with Gasteiger partial charge in [-0.3, -0.25) is 29.4 Å². The molecule has 1 saturated heterocycles. The molecule has 1 aliphatic rings. The van der Waals surface area contributed by atoms with E-state index >= 15 is 0 Å². The number of aliphatic carboxylic acids is 1. The average Bonchev–Trinajstić information content (AvgIpc) is 2.69. The van der Waals surface area contributed by atoms with E-state index in [2.05, 4.69) is 0 Å². The van der Waals surface area contributed by atoms with Crippen molar-refractivity contribution in [2.75, 3.05) is 19.6 Å². The van der Waals surface area contributed by atoms with Crippen LogP contribution in [0.4, 0.5) is 0 Å². The zero-order valence-electron chi connectivity index (χ0n) is 16.1. The van der Waals surface area contributed by atoms with Gasteiger partial charge in [0, 0.05) is 17.7 Å². The Kier molecular flexibility index (Phi) is 6.21. The SMILES string of the molecule is CC1(C(N)=O)C(=O)N(CC(=O)O)CC(C(=O)CN)N1C(=O)c1ccc(C(=N)N)cc1. The summed E-state index contributed by atoms with van der Waals surface area (Å²) in [5, 5.41) is 16.5. The van der Waals surface area contributed by atoms with Crippen molar-refractivity contribution in [3.8, 4) is 0 Å². The summed E-state index contributed by atoms with van der Waals surface area (Å²) >= 11 is 0. The molecule has 8 N–H and O–H groups in total. The van der Waals surface area contributed by atoms with Crippen molar-refractivity contribution in [1.29, 1.82) is 5.41 Å². The van der Waals surface area contributed by atoms with E-state index in [1.54, 1.807) is 0 Å². The predicted molar refractivity (Wildman–Crippen MR) is 103 cm³/mol. The highest BCUT2D eigenvalue weighted by molar-refractivity contribution is 6.15. The summed E-state index contributed by atoms with van der Waals surface area (Å²) < 4.78 is 0. The van der Waals surface area contributed by atoms with Crippen LogP contribution in [0.15, 0.2) is 24.3 Å². The lowest BCUT2D eigenvalue weighted by atomic mass is 9.88. The van der Waals surface area contributed by atoms with Gasteiger partial charge in [0.1, 0.15) is 18.4 Å². The summed E-state index contributed by atoms with van der Waals surface area (Å²) in [5.74, 6) is -5.39. The zero-order chi connectivity index (χ0) is 22.8. The lowest BCUT2D eigenvalue weighted by Gasteiger charge is -2.49. The number of amidine groups is 1. The van der Waals surface area contributed by atoms with Crippen molar-refractivity contribution in [1.82, 2.24) is 9.80 Å². The van der Waals surface area contributed by atoms with Crippen LogP contribution in [0.2, 0.25) is 0 Å². The molecule has 2 unspecified atom stereocenters. The van der Waals surface area contributed by atoms with E-state index in [-0.39, 0.29) is 11.4 Å². The molecule has 0 spiro atoms. The van der Waals surface area contributed by atoms with Crippen molar-refractivity contribution in [3.63, 3.8) is 0 Å². The molecule has 3 amide bonds. The molecular formula is C18H22N6O6. The molecule has 12 heteroatoms. The molecule has 0 aromatic heterocycles. The molecule has 0 radical (unpaired) electrons. The molecule has 30 heavy (non-hydrogen) atoms. The number of hydrogen-bond donors (Lipinski definition) is 5. The number of carbonyl (C=O) groups is 5. The molecule has 1 aromatic rings. The van der Waals surface area contributed by atoms with Gasteiger partial charge in [-0.25, -0.2) is 0 Å². The topological polar surface area (TPSA) is 214 Å². The average molecular weight is 418 g/mol.